The van der Waals surface area contributed by atoms with Gasteiger partial charge in [0.05, 0.1) is 13.7 Å². The standard InChI is InChI=1S/C21H22N2O3/c1-14(2)21(25)23(17-8-10-18(26-3)11-9-17)13-16-12-15-6-4-5-7-19(15)22-20(16)24/h4-12,14H,13H2,1-3H3,(H,22,24). The number of carbonyl (C=O) groups is 1. The van der Waals surface area contributed by atoms with Crippen molar-refractivity contribution in [3.63, 3.8) is 0 Å². The number of hydrogen-bond donors (Lipinski definition) is 1. The number of pyridine rings is 1. The molecule has 1 amide bonds. The Hall–Kier alpha value is -3.08. The van der Waals surface area contributed by atoms with Gasteiger partial charge in [-0.2, -0.15) is 0 Å². The summed E-state index contributed by atoms with van der Waals surface area (Å²) in [5.74, 6) is 0.494. The Morgan fingerprint density at radius 3 is 2.46 bits per heavy atom. The van der Waals surface area contributed by atoms with E-state index in [2.05, 4.69) is 4.98 Å². The van der Waals surface area contributed by atoms with Crippen LogP contribution in [0.1, 0.15) is 19.4 Å². The number of methoxy groups -OCH3 is 1. The molecule has 1 aromatic heterocycles. The zero-order valence-electron chi connectivity index (χ0n) is 15.2. The van der Waals surface area contributed by atoms with E-state index < -0.39 is 0 Å². The number of aromatic amines is 1. The molecule has 0 bridgehead atoms. The maximum absolute atomic E-state index is 12.8. The first kappa shape index (κ1) is 17.7. The molecule has 0 aliphatic rings. The molecule has 0 aliphatic heterocycles. The number of benzene rings is 2. The molecule has 1 heterocycles. The summed E-state index contributed by atoms with van der Waals surface area (Å²) in [6.45, 7) is 3.91. The SMILES string of the molecule is COc1ccc(N(Cc2cc3ccccc3[nH]c2=O)C(=O)C(C)C)cc1. The molecule has 5 nitrogen and oxygen atoms in total. The molecule has 26 heavy (non-hydrogen) atoms. The summed E-state index contributed by atoms with van der Waals surface area (Å²) in [7, 11) is 1.60. The van der Waals surface area contributed by atoms with E-state index in [-0.39, 0.29) is 23.9 Å². The zero-order valence-corrected chi connectivity index (χ0v) is 15.2. The van der Waals surface area contributed by atoms with Crippen molar-refractivity contribution in [2.75, 3.05) is 12.0 Å². The Kier molecular flexibility index (Phi) is 5.07. The van der Waals surface area contributed by atoms with Gasteiger partial charge in [-0.3, -0.25) is 9.59 Å². The van der Waals surface area contributed by atoms with Crippen molar-refractivity contribution < 1.29 is 9.53 Å². The van der Waals surface area contributed by atoms with Crippen LogP contribution >= 0.6 is 0 Å². The summed E-state index contributed by atoms with van der Waals surface area (Å²) in [5.41, 5.74) is 1.89. The predicted octanol–water partition coefficient (Wildman–Crippen LogP) is 3.73. The summed E-state index contributed by atoms with van der Waals surface area (Å²) in [6.07, 6.45) is 0. The van der Waals surface area contributed by atoms with Gasteiger partial charge in [-0.25, -0.2) is 0 Å². The Balaban J connectivity index is 2.01. The Labute approximate surface area is 152 Å². The van der Waals surface area contributed by atoms with Crippen LogP contribution in [0.25, 0.3) is 10.9 Å². The number of para-hydroxylation sites is 1. The maximum Gasteiger partial charge on any atom is 0.253 e. The van der Waals surface area contributed by atoms with Crippen molar-refractivity contribution in [2.24, 2.45) is 5.92 Å². The van der Waals surface area contributed by atoms with Crippen molar-refractivity contribution in [2.45, 2.75) is 20.4 Å². The van der Waals surface area contributed by atoms with E-state index >= 15 is 0 Å². The number of carbonyl (C=O) groups excluding carboxylic acids is 1. The summed E-state index contributed by atoms with van der Waals surface area (Å²) < 4.78 is 5.18. The fourth-order valence-electron chi connectivity index (χ4n) is 2.85. The van der Waals surface area contributed by atoms with Gasteiger partial charge in [-0.15, -0.1) is 0 Å². The first-order chi connectivity index (χ1) is 12.5. The van der Waals surface area contributed by atoms with Crippen molar-refractivity contribution >= 4 is 22.5 Å². The van der Waals surface area contributed by atoms with Crippen LogP contribution < -0.4 is 15.2 Å². The number of nitrogens with zero attached hydrogens (tertiary/aromatic N) is 1. The highest BCUT2D eigenvalue weighted by atomic mass is 16.5. The molecule has 2 aromatic carbocycles. The van der Waals surface area contributed by atoms with Crippen molar-refractivity contribution in [3.8, 4) is 5.75 Å². The third kappa shape index (κ3) is 3.61. The smallest absolute Gasteiger partial charge is 0.253 e. The van der Waals surface area contributed by atoms with Crippen LogP contribution in [0.5, 0.6) is 5.75 Å². The molecule has 3 aromatic rings. The lowest BCUT2D eigenvalue weighted by Crippen LogP contribution is -2.35. The Bertz CT molecular complexity index is 974. The van der Waals surface area contributed by atoms with Gasteiger partial charge in [0.2, 0.25) is 5.91 Å². The number of anilines is 1. The molecule has 0 radical (unpaired) electrons. The van der Waals surface area contributed by atoms with E-state index in [1.165, 1.54) is 0 Å². The summed E-state index contributed by atoms with van der Waals surface area (Å²) in [5, 5.41) is 0.939. The van der Waals surface area contributed by atoms with Crippen LogP contribution in [-0.4, -0.2) is 18.0 Å². The lowest BCUT2D eigenvalue weighted by molar-refractivity contribution is -0.121. The van der Waals surface area contributed by atoms with Gasteiger partial charge in [-0.05, 0) is 41.8 Å². The number of rotatable bonds is 5. The van der Waals surface area contributed by atoms with Gasteiger partial charge < -0.3 is 14.6 Å². The molecule has 134 valence electrons. The molecular formula is C21H22N2O3. The van der Waals surface area contributed by atoms with E-state index in [1.54, 1.807) is 24.1 Å². The second-order valence-electron chi connectivity index (χ2n) is 6.49. The number of hydrogen-bond acceptors (Lipinski definition) is 3. The predicted molar refractivity (Wildman–Crippen MR) is 104 cm³/mol. The third-order valence-electron chi connectivity index (χ3n) is 4.30. The minimum atomic E-state index is -0.184. The van der Waals surface area contributed by atoms with E-state index in [9.17, 15) is 9.59 Å². The highest BCUT2D eigenvalue weighted by Crippen LogP contribution is 2.23. The molecule has 1 N–H and O–H groups in total. The summed E-state index contributed by atoms with van der Waals surface area (Å²) in [6, 6.07) is 16.7. The second kappa shape index (κ2) is 7.44. The molecule has 0 aliphatic carbocycles. The Morgan fingerprint density at radius 1 is 1.12 bits per heavy atom. The third-order valence-corrected chi connectivity index (χ3v) is 4.30. The van der Waals surface area contributed by atoms with Crippen LogP contribution in [0.3, 0.4) is 0 Å². The van der Waals surface area contributed by atoms with Crippen LogP contribution in [-0.2, 0) is 11.3 Å². The van der Waals surface area contributed by atoms with Gasteiger partial charge in [0.1, 0.15) is 5.75 Å². The Morgan fingerprint density at radius 2 is 1.81 bits per heavy atom. The van der Waals surface area contributed by atoms with E-state index in [4.69, 9.17) is 4.74 Å². The van der Waals surface area contributed by atoms with Crippen molar-refractivity contribution in [1.82, 2.24) is 4.98 Å². The van der Waals surface area contributed by atoms with Crippen LogP contribution in [0.2, 0.25) is 0 Å². The van der Waals surface area contributed by atoms with Gasteiger partial charge in [0.25, 0.3) is 5.56 Å². The lowest BCUT2D eigenvalue weighted by atomic mass is 10.1. The summed E-state index contributed by atoms with van der Waals surface area (Å²) in [4.78, 5) is 29.8. The quantitative estimate of drug-likeness (QED) is 0.763. The average molecular weight is 350 g/mol. The topological polar surface area (TPSA) is 62.4 Å². The van der Waals surface area contributed by atoms with Gasteiger partial charge in [0.15, 0.2) is 0 Å². The first-order valence-electron chi connectivity index (χ1n) is 8.56. The number of aromatic nitrogens is 1. The van der Waals surface area contributed by atoms with E-state index in [1.807, 2.05) is 56.3 Å². The summed E-state index contributed by atoms with van der Waals surface area (Å²) >= 11 is 0. The van der Waals surface area contributed by atoms with E-state index in [0.29, 0.717) is 11.3 Å². The lowest BCUT2D eigenvalue weighted by Gasteiger charge is -2.25. The van der Waals surface area contributed by atoms with Crippen molar-refractivity contribution in [1.29, 1.82) is 0 Å². The molecular weight excluding hydrogens is 328 g/mol. The number of fused-ring (bicyclic) bond motifs is 1. The normalized spacial score (nSPS) is 10.9. The largest absolute Gasteiger partial charge is 0.497 e. The molecule has 0 saturated heterocycles. The first-order valence-corrected chi connectivity index (χ1v) is 8.56. The molecule has 0 saturated carbocycles. The van der Waals surface area contributed by atoms with Gasteiger partial charge >= 0.3 is 0 Å². The highest BCUT2D eigenvalue weighted by molar-refractivity contribution is 5.94. The fraction of sp³-hybridized carbons (Fsp3) is 0.238. The van der Waals surface area contributed by atoms with Crippen LogP contribution in [0, 0.1) is 5.92 Å². The van der Waals surface area contributed by atoms with E-state index in [0.717, 1.165) is 16.6 Å². The number of H-pyrrole nitrogens is 1. The minimum Gasteiger partial charge on any atom is -0.497 e. The fourth-order valence-corrected chi connectivity index (χ4v) is 2.85. The number of nitrogens with one attached hydrogen (secondary N) is 1. The highest BCUT2D eigenvalue weighted by Gasteiger charge is 2.20. The van der Waals surface area contributed by atoms with Crippen LogP contribution in [0.4, 0.5) is 5.69 Å². The molecule has 3 rings (SSSR count). The second-order valence-corrected chi connectivity index (χ2v) is 6.49. The van der Waals surface area contributed by atoms with Crippen molar-refractivity contribution in [3.05, 3.63) is 70.5 Å². The molecule has 0 fully saturated rings. The molecule has 0 atom stereocenters. The van der Waals surface area contributed by atoms with Crippen LogP contribution in [0.15, 0.2) is 59.4 Å². The molecule has 5 heteroatoms. The number of amides is 1. The molecule has 0 unspecified atom stereocenters. The zero-order chi connectivity index (χ0) is 18.7. The maximum atomic E-state index is 12.8. The van der Waals surface area contributed by atoms with Gasteiger partial charge in [0, 0.05) is 22.7 Å². The molecule has 0 spiro atoms. The van der Waals surface area contributed by atoms with Gasteiger partial charge in [-0.1, -0.05) is 32.0 Å². The monoisotopic (exact) mass is 350 g/mol. The average Bonchev–Trinajstić information content (AvgIpc) is 2.65. The number of ether oxygens (including phenoxy) is 1. The minimum absolute atomic E-state index is 0.0391.